The molecule has 0 radical (unpaired) electrons. The van der Waals surface area contributed by atoms with Crippen LogP contribution in [-0.4, -0.2) is 62.4 Å². The van der Waals surface area contributed by atoms with Crippen LogP contribution >= 0.6 is 11.3 Å². The van der Waals surface area contributed by atoms with Gasteiger partial charge in [-0.1, -0.05) is 19.6 Å². The minimum Gasteiger partial charge on any atom is -0.450 e. The van der Waals surface area contributed by atoms with Crippen LogP contribution in [0.5, 0.6) is 0 Å². The number of rotatable bonds is 8. The highest BCUT2D eigenvalue weighted by Gasteiger charge is 2.39. The number of thiazole rings is 1. The van der Waals surface area contributed by atoms with Crippen molar-refractivity contribution in [2.45, 2.75) is 49.9 Å². The molecule has 1 unspecified atom stereocenters. The van der Waals surface area contributed by atoms with Gasteiger partial charge in [-0.25, -0.2) is 22.5 Å². The molecule has 0 fully saturated rings. The maximum Gasteiger partial charge on any atom is 0.412 e. The number of nitrogens with two attached hydrogens (primary N) is 1. The Balaban J connectivity index is 1.69. The summed E-state index contributed by atoms with van der Waals surface area (Å²) in [5.41, 5.74) is 11.4. The van der Waals surface area contributed by atoms with Crippen molar-refractivity contribution in [2.75, 3.05) is 26.0 Å². The molecule has 13 heteroatoms. The minimum absolute atomic E-state index is 0.292. The zero-order valence-corrected chi connectivity index (χ0v) is 24.2. The highest BCUT2D eigenvalue weighted by molar-refractivity contribution is 7.89. The van der Waals surface area contributed by atoms with E-state index in [1.807, 2.05) is 10.6 Å². The van der Waals surface area contributed by atoms with Crippen molar-refractivity contribution in [1.82, 2.24) is 13.9 Å². The fourth-order valence-corrected chi connectivity index (χ4v) is 7.34. The number of anilines is 1. The summed E-state index contributed by atoms with van der Waals surface area (Å²) < 4.78 is 34.4. The number of nitriles is 1. The molecule has 0 saturated carbocycles. The summed E-state index contributed by atoms with van der Waals surface area (Å²) >= 11 is 1.30. The van der Waals surface area contributed by atoms with E-state index in [1.54, 1.807) is 17.6 Å². The SMILES string of the molecule is CN(C)S(=O)(=O)C1Cc2c(n([C@@H](N)c3scnc3NC(=O)OCC[Si](C)(C)C)c3ccc(C#N)cc23)C1. The van der Waals surface area contributed by atoms with E-state index in [2.05, 4.69) is 36.0 Å². The van der Waals surface area contributed by atoms with Crippen molar-refractivity contribution in [3.05, 3.63) is 45.4 Å². The molecule has 2 aromatic heterocycles. The molecule has 0 saturated heterocycles. The number of benzene rings is 1. The number of carbonyl (C=O) groups is 1. The fraction of sp³-hybridized carbons (Fsp3) is 0.458. The molecule has 37 heavy (non-hydrogen) atoms. The van der Waals surface area contributed by atoms with Crippen LogP contribution in [0.25, 0.3) is 10.9 Å². The van der Waals surface area contributed by atoms with Crippen LogP contribution in [0.2, 0.25) is 25.7 Å². The Hall–Kier alpha value is -2.76. The van der Waals surface area contributed by atoms with E-state index in [0.29, 0.717) is 35.7 Å². The molecule has 10 nitrogen and oxygen atoms in total. The second kappa shape index (κ2) is 10.2. The van der Waals surface area contributed by atoms with Crippen LogP contribution in [0.3, 0.4) is 0 Å². The Bertz CT molecular complexity index is 1480. The summed E-state index contributed by atoms with van der Waals surface area (Å²) in [6, 6.07) is 8.35. The minimum atomic E-state index is -3.50. The molecule has 1 aliphatic rings. The van der Waals surface area contributed by atoms with Gasteiger partial charge >= 0.3 is 6.09 Å². The van der Waals surface area contributed by atoms with E-state index < -0.39 is 35.6 Å². The molecule has 0 spiro atoms. The lowest BCUT2D eigenvalue weighted by molar-refractivity contribution is 0.167. The van der Waals surface area contributed by atoms with Crippen LogP contribution in [0.15, 0.2) is 23.7 Å². The van der Waals surface area contributed by atoms with E-state index in [1.165, 1.54) is 29.7 Å². The highest BCUT2D eigenvalue weighted by atomic mass is 32.2. The molecule has 3 aromatic rings. The van der Waals surface area contributed by atoms with Crippen molar-refractivity contribution < 1.29 is 17.9 Å². The third-order valence-electron chi connectivity index (χ3n) is 6.58. The van der Waals surface area contributed by atoms with E-state index in [9.17, 15) is 18.5 Å². The summed E-state index contributed by atoms with van der Waals surface area (Å²) in [5.74, 6) is 0.315. The van der Waals surface area contributed by atoms with E-state index in [0.717, 1.165) is 28.2 Å². The summed E-state index contributed by atoms with van der Waals surface area (Å²) in [4.78, 5) is 17.4. The summed E-state index contributed by atoms with van der Waals surface area (Å²) in [7, 11) is -1.79. The second-order valence-electron chi connectivity index (χ2n) is 10.6. The predicted octanol–water partition coefficient (Wildman–Crippen LogP) is 3.72. The standard InChI is InChI=1S/C24H32N6O4S2Si/c1-29(2)36(32,33)16-11-18-17-10-15(13-25)6-7-19(17)30(20(18)12-16)22(26)21-23(27-14-35-21)28-24(31)34-8-9-37(3,4)5/h6-7,10,14,16,22H,8-9,11-12,26H2,1-5H3,(H,28,31)/t16?,22-/m1/s1. The monoisotopic (exact) mass is 560 g/mol. The van der Waals surface area contributed by atoms with Crippen LogP contribution in [0.4, 0.5) is 10.6 Å². The lowest BCUT2D eigenvalue weighted by atomic mass is 10.1. The third-order valence-corrected chi connectivity index (χ3v) is 11.4. The van der Waals surface area contributed by atoms with E-state index in [4.69, 9.17) is 10.5 Å². The first kappa shape index (κ1) is 27.3. The first-order chi connectivity index (χ1) is 17.3. The largest absolute Gasteiger partial charge is 0.450 e. The van der Waals surface area contributed by atoms with Gasteiger partial charge in [-0.2, -0.15) is 5.26 Å². The Morgan fingerprint density at radius 2 is 2.11 bits per heavy atom. The average Bonchev–Trinajstić information content (AvgIpc) is 3.51. The zero-order valence-electron chi connectivity index (χ0n) is 21.6. The fourth-order valence-electron chi connectivity index (χ4n) is 4.55. The molecule has 198 valence electrons. The number of ether oxygens (including phenoxy) is 1. The van der Waals surface area contributed by atoms with Gasteiger partial charge in [0.05, 0.1) is 39.4 Å². The number of carbonyl (C=O) groups excluding carboxylic acids is 1. The smallest absolute Gasteiger partial charge is 0.412 e. The van der Waals surface area contributed by atoms with E-state index in [-0.39, 0.29) is 0 Å². The molecular formula is C24H32N6O4S2Si. The summed E-state index contributed by atoms with van der Waals surface area (Å²) in [6.45, 7) is 6.96. The molecule has 4 rings (SSSR count). The van der Waals surface area contributed by atoms with Crippen molar-refractivity contribution in [1.29, 1.82) is 5.26 Å². The van der Waals surface area contributed by atoms with E-state index >= 15 is 0 Å². The Labute approximate surface area is 222 Å². The number of hydrogen-bond donors (Lipinski definition) is 2. The molecule has 2 atom stereocenters. The van der Waals surface area contributed by atoms with Gasteiger partial charge in [-0.3, -0.25) is 5.32 Å². The van der Waals surface area contributed by atoms with Gasteiger partial charge in [-0.05, 0) is 36.2 Å². The normalized spacial score (nSPS) is 16.5. The van der Waals surface area contributed by atoms with Gasteiger partial charge < -0.3 is 15.0 Å². The molecular weight excluding hydrogens is 529 g/mol. The molecule has 1 aromatic carbocycles. The maximum absolute atomic E-state index is 13.0. The highest BCUT2D eigenvalue weighted by Crippen LogP contribution is 2.40. The van der Waals surface area contributed by atoms with Crippen LogP contribution < -0.4 is 11.1 Å². The number of fused-ring (bicyclic) bond motifs is 3. The van der Waals surface area contributed by atoms with Gasteiger partial charge in [0.25, 0.3) is 0 Å². The Morgan fingerprint density at radius 1 is 1.38 bits per heavy atom. The lowest BCUT2D eigenvalue weighted by Crippen LogP contribution is -2.34. The summed E-state index contributed by atoms with van der Waals surface area (Å²) in [6.07, 6.45) is -0.695. The van der Waals surface area contributed by atoms with Crippen LogP contribution in [0, 0.1) is 11.3 Å². The molecule has 1 amide bonds. The first-order valence-electron chi connectivity index (χ1n) is 11.9. The van der Waals surface area contributed by atoms with Gasteiger partial charge in [0.2, 0.25) is 10.0 Å². The van der Waals surface area contributed by atoms with Crippen LogP contribution in [0.1, 0.15) is 27.9 Å². The quantitative estimate of drug-likeness (QED) is 0.400. The maximum atomic E-state index is 13.0. The molecule has 1 aliphatic carbocycles. The number of amides is 1. The van der Waals surface area contributed by atoms with Crippen molar-refractivity contribution in [3.63, 3.8) is 0 Å². The lowest BCUT2D eigenvalue weighted by Gasteiger charge is -2.21. The average molecular weight is 561 g/mol. The Morgan fingerprint density at radius 3 is 2.76 bits per heavy atom. The third kappa shape index (κ3) is 5.44. The second-order valence-corrected chi connectivity index (χ2v) is 19.5. The number of hydrogen-bond acceptors (Lipinski definition) is 8. The number of nitrogens with zero attached hydrogens (tertiary/aromatic N) is 4. The van der Waals surface area contributed by atoms with Crippen molar-refractivity contribution in [2.24, 2.45) is 5.73 Å². The predicted molar refractivity (Wildman–Crippen MR) is 148 cm³/mol. The molecule has 0 bridgehead atoms. The van der Waals surface area contributed by atoms with Crippen molar-refractivity contribution in [3.8, 4) is 6.07 Å². The van der Waals surface area contributed by atoms with Crippen molar-refractivity contribution >= 4 is 52.2 Å². The van der Waals surface area contributed by atoms with Crippen LogP contribution in [-0.2, 0) is 27.6 Å². The van der Waals surface area contributed by atoms with Gasteiger partial charge in [0, 0.05) is 39.7 Å². The first-order valence-corrected chi connectivity index (χ1v) is 18.0. The molecule has 0 aliphatic heterocycles. The number of sulfonamides is 1. The summed E-state index contributed by atoms with van der Waals surface area (Å²) in [5, 5.41) is 12.4. The topological polar surface area (TPSA) is 143 Å². The van der Waals surface area contributed by atoms with Gasteiger partial charge in [0.1, 0.15) is 6.17 Å². The number of nitrogens with one attached hydrogen (secondary N) is 1. The van der Waals surface area contributed by atoms with Gasteiger partial charge in [-0.15, -0.1) is 11.3 Å². The molecule has 2 heterocycles. The van der Waals surface area contributed by atoms with Gasteiger partial charge in [0.15, 0.2) is 5.82 Å². The number of aromatic nitrogens is 2. The molecule has 3 N–H and O–H groups in total. The Kier molecular flexibility index (Phi) is 7.51. The zero-order chi connectivity index (χ0) is 27.1.